The summed E-state index contributed by atoms with van der Waals surface area (Å²) in [4.78, 5) is 23.3. The molecule has 0 unspecified atom stereocenters. The lowest BCUT2D eigenvalue weighted by Gasteiger charge is -2.11. The van der Waals surface area contributed by atoms with Gasteiger partial charge < -0.3 is 9.50 Å². The molecular formula is C22H18N2O6S2. The molecule has 1 N–H and O–H groups in total. The van der Waals surface area contributed by atoms with Crippen molar-refractivity contribution in [1.82, 2.24) is 0 Å². The van der Waals surface area contributed by atoms with Gasteiger partial charge in [-0.1, -0.05) is 24.3 Å². The van der Waals surface area contributed by atoms with Crippen LogP contribution in [0.1, 0.15) is 10.4 Å². The summed E-state index contributed by atoms with van der Waals surface area (Å²) >= 11 is 1.53. The molecule has 0 saturated heterocycles. The van der Waals surface area contributed by atoms with Crippen LogP contribution >= 0.6 is 11.8 Å². The van der Waals surface area contributed by atoms with Gasteiger partial charge in [0.15, 0.2) is 0 Å². The number of rotatable bonds is 9. The molecule has 32 heavy (non-hydrogen) atoms. The van der Waals surface area contributed by atoms with Crippen molar-refractivity contribution in [2.45, 2.75) is 9.79 Å². The van der Waals surface area contributed by atoms with E-state index in [4.69, 9.17) is 4.18 Å². The summed E-state index contributed by atoms with van der Waals surface area (Å²) in [6, 6.07) is 17.4. The Hall–Kier alpha value is -3.63. The topological polar surface area (TPSA) is 116 Å². The van der Waals surface area contributed by atoms with Crippen molar-refractivity contribution in [3.05, 3.63) is 101 Å². The van der Waals surface area contributed by atoms with Gasteiger partial charge in [-0.15, -0.1) is 18.3 Å². The molecule has 3 aromatic carbocycles. The van der Waals surface area contributed by atoms with Gasteiger partial charge in [0, 0.05) is 28.3 Å². The Labute approximate surface area is 189 Å². The van der Waals surface area contributed by atoms with E-state index < -0.39 is 15.0 Å². The molecule has 0 aromatic heterocycles. The number of non-ortho nitro benzene ring substituents is 1. The van der Waals surface area contributed by atoms with Crippen molar-refractivity contribution in [3.63, 3.8) is 0 Å². The number of nitrogens with zero attached hydrogens (tertiary/aromatic N) is 1. The minimum absolute atomic E-state index is 0.0324. The summed E-state index contributed by atoms with van der Waals surface area (Å²) in [5, 5.41) is 13.7. The number of benzene rings is 3. The van der Waals surface area contributed by atoms with Crippen LogP contribution in [-0.2, 0) is 10.1 Å². The molecule has 0 aliphatic heterocycles. The first-order chi connectivity index (χ1) is 15.3. The zero-order valence-corrected chi connectivity index (χ0v) is 18.3. The van der Waals surface area contributed by atoms with Gasteiger partial charge in [-0.3, -0.25) is 14.9 Å². The maximum Gasteiger partial charge on any atom is 0.339 e. The minimum Gasteiger partial charge on any atom is -0.379 e. The number of para-hydroxylation sites is 1. The Bertz CT molecular complexity index is 1260. The second-order valence-electron chi connectivity index (χ2n) is 6.37. The van der Waals surface area contributed by atoms with Crippen LogP contribution in [0.2, 0.25) is 0 Å². The lowest BCUT2D eigenvalue weighted by Crippen LogP contribution is -2.13. The number of nitro benzene ring substituents is 1. The van der Waals surface area contributed by atoms with Crippen molar-refractivity contribution in [3.8, 4) is 5.75 Å². The minimum atomic E-state index is -4.28. The highest BCUT2D eigenvalue weighted by Crippen LogP contribution is 2.28. The summed E-state index contributed by atoms with van der Waals surface area (Å²) < 4.78 is 29.9. The molecule has 0 aliphatic rings. The van der Waals surface area contributed by atoms with Crippen LogP contribution in [0.3, 0.4) is 0 Å². The van der Waals surface area contributed by atoms with E-state index in [0.717, 1.165) is 11.0 Å². The number of carbonyl (C=O) groups is 1. The number of nitrogens with one attached hydrogen (secondary N) is 1. The Balaban J connectivity index is 1.72. The van der Waals surface area contributed by atoms with Crippen molar-refractivity contribution in [2.75, 3.05) is 11.1 Å². The summed E-state index contributed by atoms with van der Waals surface area (Å²) in [5.41, 5.74) is 0.583. The lowest BCUT2D eigenvalue weighted by atomic mass is 10.2. The van der Waals surface area contributed by atoms with Crippen LogP contribution in [0.25, 0.3) is 0 Å². The second kappa shape index (κ2) is 10.1. The van der Waals surface area contributed by atoms with Crippen LogP contribution in [0.4, 0.5) is 11.4 Å². The largest absolute Gasteiger partial charge is 0.379 e. The van der Waals surface area contributed by atoms with Crippen molar-refractivity contribution >= 4 is 39.2 Å². The second-order valence-corrected chi connectivity index (χ2v) is 8.97. The molecule has 0 heterocycles. The van der Waals surface area contributed by atoms with Gasteiger partial charge in [0.05, 0.1) is 10.6 Å². The highest BCUT2D eigenvalue weighted by molar-refractivity contribution is 7.99. The van der Waals surface area contributed by atoms with Gasteiger partial charge in [0.25, 0.3) is 11.6 Å². The first-order valence-electron chi connectivity index (χ1n) is 9.23. The van der Waals surface area contributed by atoms with E-state index >= 15 is 0 Å². The Morgan fingerprint density at radius 1 is 1.09 bits per heavy atom. The first kappa shape index (κ1) is 23.0. The number of amides is 1. The molecule has 0 saturated carbocycles. The average molecular weight is 471 g/mol. The number of hydrogen-bond donors (Lipinski definition) is 1. The van der Waals surface area contributed by atoms with E-state index in [-0.39, 0.29) is 22.2 Å². The van der Waals surface area contributed by atoms with Gasteiger partial charge >= 0.3 is 10.1 Å². The molecule has 1 amide bonds. The van der Waals surface area contributed by atoms with Gasteiger partial charge in [0.2, 0.25) is 0 Å². The molecule has 164 valence electrons. The molecular weight excluding hydrogens is 452 g/mol. The van der Waals surface area contributed by atoms with Crippen LogP contribution in [0.5, 0.6) is 5.75 Å². The van der Waals surface area contributed by atoms with E-state index in [0.29, 0.717) is 17.0 Å². The Kier molecular flexibility index (Phi) is 7.29. The monoisotopic (exact) mass is 470 g/mol. The van der Waals surface area contributed by atoms with Gasteiger partial charge in [-0.05, 0) is 42.5 Å². The standard InChI is InChI=1S/C22H18N2O6S2/c1-2-14-31-21-9-4-3-8-20(21)23-22(25)16-10-12-18(13-11-16)30-32(28,29)19-7-5-6-17(15-19)24(26)27/h2-13,15H,1,14H2,(H,23,25). The molecule has 10 heteroatoms. The maximum atomic E-state index is 12.6. The summed E-state index contributed by atoms with van der Waals surface area (Å²) in [6.45, 7) is 3.69. The molecule has 0 atom stereocenters. The predicted molar refractivity (Wildman–Crippen MR) is 123 cm³/mol. The third kappa shape index (κ3) is 5.74. The van der Waals surface area contributed by atoms with E-state index in [2.05, 4.69) is 11.9 Å². The normalized spacial score (nSPS) is 10.9. The van der Waals surface area contributed by atoms with Gasteiger partial charge in [-0.2, -0.15) is 8.42 Å². The van der Waals surface area contributed by atoms with Crippen LogP contribution in [-0.4, -0.2) is 25.0 Å². The third-order valence-electron chi connectivity index (χ3n) is 4.13. The molecule has 0 radical (unpaired) electrons. The van der Waals surface area contributed by atoms with Crippen molar-refractivity contribution in [1.29, 1.82) is 0 Å². The van der Waals surface area contributed by atoms with Gasteiger partial charge in [0.1, 0.15) is 10.6 Å². The average Bonchev–Trinajstić information content (AvgIpc) is 2.78. The SMILES string of the molecule is C=CCSc1ccccc1NC(=O)c1ccc(OS(=O)(=O)c2cccc([N+](=O)[O-])c2)cc1. The number of thioether (sulfide) groups is 1. The fourth-order valence-electron chi connectivity index (χ4n) is 2.63. The fraction of sp³-hybridized carbons (Fsp3) is 0.0455. The van der Waals surface area contributed by atoms with Crippen LogP contribution < -0.4 is 9.50 Å². The fourth-order valence-corrected chi connectivity index (χ4v) is 4.35. The molecule has 0 spiro atoms. The van der Waals surface area contributed by atoms with Crippen LogP contribution in [0, 0.1) is 10.1 Å². The maximum absolute atomic E-state index is 12.6. The number of hydrogen-bond acceptors (Lipinski definition) is 7. The third-order valence-corrected chi connectivity index (χ3v) is 6.44. The number of carbonyl (C=O) groups excluding carboxylic acids is 1. The molecule has 3 rings (SSSR count). The zero-order chi connectivity index (χ0) is 23.1. The van der Waals surface area contributed by atoms with E-state index in [1.807, 2.05) is 18.2 Å². The zero-order valence-electron chi connectivity index (χ0n) is 16.6. The summed E-state index contributed by atoms with van der Waals surface area (Å²) in [5.74, 6) is 0.289. The van der Waals surface area contributed by atoms with E-state index in [1.165, 1.54) is 54.2 Å². The highest BCUT2D eigenvalue weighted by atomic mass is 32.2. The highest BCUT2D eigenvalue weighted by Gasteiger charge is 2.20. The molecule has 0 aliphatic carbocycles. The molecule has 3 aromatic rings. The summed E-state index contributed by atoms with van der Waals surface area (Å²) in [6.07, 6.45) is 1.77. The van der Waals surface area contributed by atoms with Crippen LogP contribution in [0.15, 0.2) is 95.2 Å². The van der Waals surface area contributed by atoms with E-state index in [1.54, 1.807) is 12.1 Å². The number of anilines is 1. The smallest absolute Gasteiger partial charge is 0.339 e. The first-order valence-corrected chi connectivity index (χ1v) is 11.6. The quantitative estimate of drug-likeness (QED) is 0.156. The summed E-state index contributed by atoms with van der Waals surface area (Å²) in [7, 11) is -4.28. The molecule has 0 fully saturated rings. The Morgan fingerprint density at radius 2 is 1.81 bits per heavy atom. The molecule has 8 nitrogen and oxygen atoms in total. The predicted octanol–water partition coefficient (Wildman–Crippen LogP) is 4.89. The van der Waals surface area contributed by atoms with Crippen molar-refractivity contribution < 1.29 is 22.3 Å². The van der Waals surface area contributed by atoms with E-state index in [9.17, 15) is 23.3 Å². The molecule has 0 bridgehead atoms. The lowest BCUT2D eigenvalue weighted by molar-refractivity contribution is -0.385. The van der Waals surface area contributed by atoms with Crippen molar-refractivity contribution in [2.24, 2.45) is 0 Å². The number of nitro groups is 1. The Morgan fingerprint density at radius 3 is 2.50 bits per heavy atom. The van der Waals surface area contributed by atoms with Gasteiger partial charge in [-0.25, -0.2) is 0 Å².